The minimum atomic E-state index is -5.17. The first-order valence-corrected chi connectivity index (χ1v) is 10.8. The summed E-state index contributed by atoms with van der Waals surface area (Å²) < 4.78 is 43.2. The summed E-state index contributed by atoms with van der Waals surface area (Å²) in [7, 11) is 0. The lowest BCUT2D eigenvalue weighted by Gasteiger charge is -2.33. The van der Waals surface area contributed by atoms with E-state index in [-0.39, 0.29) is 11.1 Å². The van der Waals surface area contributed by atoms with Crippen molar-refractivity contribution < 1.29 is 22.7 Å². The number of carbonyl (C=O) groups is 1. The van der Waals surface area contributed by atoms with E-state index < -0.39 is 23.8 Å². The monoisotopic (exact) mass is 481 g/mol. The van der Waals surface area contributed by atoms with Gasteiger partial charge in [-0.3, -0.25) is 10.5 Å². The zero-order valence-corrected chi connectivity index (χ0v) is 18.9. The molecule has 2 aromatic heterocycles. The number of hydrogen-bond donors (Lipinski definition) is 2. The van der Waals surface area contributed by atoms with Crippen LogP contribution in [0.4, 0.5) is 13.2 Å². The number of rotatable bonds is 5. The fourth-order valence-corrected chi connectivity index (χ4v) is 3.78. The van der Waals surface area contributed by atoms with Gasteiger partial charge in [0.25, 0.3) is 5.56 Å². The quantitative estimate of drug-likeness (QED) is 0.304. The van der Waals surface area contributed by atoms with Gasteiger partial charge in [0.2, 0.25) is 0 Å². The fraction of sp³-hybridized carbons (Fsp3) is 0.192. The molecule has 0 fully saturated rings. The van der Waals surface area contributed by atoms with Gasteiger partial charge in [0.1, 0.15) is 0 Å². The number of nitrogens with two attached hydrogens (primary N) is 1. The number of esters is 1. The topological polar surface area (TPSA) is 98.1 Å². The maximum Gasteiger partial charge on any atom is 0.491 e. The Kier molecular flexibility index (Phi) is 6.21. The SMILES string of the molecule is CC(C)C(N)(OC(=O)C(F)(F)F)c1ccc(-c2nc3cc[nH]c(=O)c3cc2-c2ccccc2)cc1. The van der Waals surface area contributed by atoms with E-state index in [4.69, 9.17) is 15.5 Å². The Morgan fingerprint density at radius 1 is 1.00 bits per heavy atom. The summed E-state index contributed by atoms with van der Waals surface area (Å²) in [5.74, 6) is -3.00. The Morgan fingerprint density at radius 2 is 1.66 bits per heavy atom. The second-order valence-electron chi connectivity index (χ2n) is 8.40. The molecule has 180 valence electrons. The molecule has 0 spiro atoms. The molecule has 2 heterocycles. The maximum atomic E-state index is 12.8. The first-order valence-electron chi connectivity index (χ1n) is 10.8. The predicted molar refractivity (Wildman–Crippen MR) is 126 cm³/mol. The van der Waals surface area contributed by atoms with Crippen LogP contribution in [0.1, 0.15) is 19.4 Å². The van der Waals surface area contributed by atoms with Crippen molar-refractivity contribution >= 4 is 16.9 Å². The number of hydrogen-bond acceptors (Lipinski definition) is 5. The second kappa shape index (κ2) is 8.99. The molecule has 6 nitrogen and oxygen atoms in total. The van der Waals surface area contributed by atoms with Gasteiger partial charge >= 0.3 is 12.1 Å². The van der Waals surface area contributed by atoms with Crippen LogP contribution in [0.2, 0.25) is 0 Å². The number of benzene rings is 2. The van der Waals surface area contributed by atoms with Crippen molar-refractivity contribution in [2.75, 3.05) is 0 Å². The van der Waals surface area contributed by atoms with E-state index in [1.165, 1.54) is 18.3 Å². The molecule has 9 heteroatoms. The normalized spacial score (nSPS) is 13.6. The molecule has 0 aliphatic heterocycles. The average Bonchev–Trinajstić information content (AvgIpc) is 2.83. The van der Waals surface area contributed by atoms with Crippen LogP contribution in [-0.2, 0) is 15.3 Å². The highest BCUT2D eigenvalue weighted by Gasteiger charge is 2.47. The van der Waals surface area contributed by atoms with E-state index in [9.17, 15) is 22.8 Å². The zero-order chi connectivity index (χ0) is 25.4. The lowest BCUT2D eigenvalue weighted by molar-refractivity contribution is -0.219. The largest absolute Gasteiger partial charge is 0.491 e. The summed E-state index contributed by atoms with van der Waals surface area (Å²) in [5, 5.41) is 0.423. The van der Waals surface area contributed by atoms with E-state index in [0.717, 1.165) is 5.56 Å². The van der Waals surface area contributed by atoms with Crippen LogP contribution in [0, 0.1) is 5.92 Å². The molecule has 35 heavy (non-hydrogen) atoms. The van der Waals surface area contributed by atoms with Gasteiger partial charge in [0.15, 0.2) is 5.72 Å². The molecule has 4 aromatic rings. The number of aromatic nitrogens is 2. The molecule has 0 aliphatic rings. The van der Waals surface area contributed by atoms with Crippen molar-refractivity contribution in [1.82, 2.24) is 9.97 Å². The Labute approximate surface area is 198 Å². The molecule has 0 aliphatic carbocycles. The van der Waals surface area contributed by atoms with Gasteiger partial charge in [-0.15, -0.1) is 0 Å². The van der Waals surface area contributed by atoms with Gasteiger partial charge in [-0.05, 0) is 17.7 Å². The molecule has 1 atom stereocenters. The van der Waals surface area contributed by atoms with Crippen molar-refractivity contribution in [1.29, 1.82) is 0 Å². The fourth-order valence-electron chi connectivity index (χ4n) is 3.78. The van der Waals surface area contributed by atoms with Crippen molar-refractivity contribution in [3.8, 4) is 22.4 Å². The molecule has 0 radical (unpaired) electrons. The Bertz CT molecular complexity index is 1430. The van der Waals surface area contributed by atoms with Crippen LogP contribution in [0.15, 0.2) is 77.7 Å². The van der Waals surface area contributed by atoms with Gasteiger partial charge in [0.05, 0.1) is 16.6 Å². The third-order valence-corrected chi connectivity index (χ3v) is 5.80. The molecule has 0 amide bonds. The van der Waals surface area contributed by atoms with Crippen LogP contribution in [-0.4, -0.2) is 22.1 Å². The van der Waals surface area contributed by atoms with E-state index in [1.54, 1.807) is 38.1 Å². The van der Waals surface area contributed by atoms with Gasteiger partial charge in [-0.2, -0.15) is 13.2 Å². The molecule has 0 saturated carbocycles. The number of alkyl halides is 3. The Balaban J connectivity index is 1.83. The third-order valence-electron chi connectivity index (χ3n) is 5.80. The number of halogens is 3. The highest BCUT2D eigenvalue weighted by Crippen LogP contribution is 2.36. The first-order chi connectivity index (χ1) is 16.5. The summed E-state index contributed by atoms with van der Waals surface area (Å²) in [5.41, 5.74) is 7.34. The van der Waals surface area contributed by atoms with Gasteiger partial charge in [0, 0.05) is 28.8 Å². The summed E-state index contributed by atoms with van der Waals surface area (Å²) in [6.45, 7) is 3.13. The van der Waals surface area contributed by atoms with E-state index in [1.807, 2.05) is 30.3 Å². The number of nitrogens with zero attached hydrogens (tertiary/aromatic N) is 1. The molecule has 3 N–H and O–H groups in total. The van der Waals surface area contributed by atoms with Gasteiger partial charge in [-0.1, -0.05) is 68.4 Å². The standard InChI is InChI=1S/C26H22F3N3O3/c1-15(2)25(30,35-24(34)26(27,28)29)18-10-8-17(9-11-18)22-19(16-6-4-3-5-7-16)14-20-21(32-22)12-13-31-23(20)33/h3-15H,30H2,1-2H3,(H,31,33). The van der Waals surface area contributed by atoms with E-state index in [2.05, 4.69) is 4.98 Å². The van der Waals surface area contributed by atoms with Crippen LogP contribution < -0.4 is 11.3 Å². The minimum absolute atomic E-state index is 0.201. The van der Waals surface area contributed by atoms with Crippen LogP contribution >= 0.6 is 0 Å². The number of aromatic amines is 1. The average molecular weight is 481 g/mol. The number of H-pyrrole nitrogens is 1. The van der Waals surface area contributed by atoms with E-state index in [0.29, 0.717) is 27.7 Å². The molecule has 1 unspecified atom stereocenters. The summed E-state index contributed by atoms with van der Waals surface area (Å²) in [4.78, 5) is 31.2. The van der Waals surface area contributed by atoms with Gasteiger partial charge < -0.3 is 9.72 Å². The van der Waals surface area contributed by atoms with Gasteiger partial charge in [-0.25, -0.2) is 9.78 Å². The molecule has 2 aromatic carbocycles. The number of carbonyl (C=O) groups excluding carboxylic acids is 1. The first kappa shape index (κ1) is 24.2. The number of pyridine rings is 2. The summed E-state index contributed by atoms with van der Waals surface area (Å²) in [6.07, 6.45) is -3.66. The summed E-state index contributed by atoms with van der Waals surface area (Å²) in [6, 6.07) is 19.1. The second-order valence-corrected chi connectivity index (χ2v) is 8.40. The molecule has 0 saturated heterocycles. The third kappa shape index (κ3) is 4.67. The molecule has 0 bridgehead atoms. The van der Waals surface area contributed by atoms with Crippen LogP contribution in [0.25, 0.3) is 33.3 Å². The maximum absolute atomic E-state index is 12.8. The lowest BCUT2D eigenvalue weighted by atomic mass is 9.90. The predicted octanol–water partition coefficient (Wildman–Crippen LogP) is 5.13. The Hall–Kier alpha value is -3.98. The highest BCUT2D eigenvalue weighted by molar-refractivity contribution is 5.91. The number of fused-ring (bicyclic) bond motifs is 1. The van der Waals surface area contributed by atoms with Crippen LogP contribution in [0.5, 0.6) is 0 Å². The molecule has 4 rings (SSSR count). The van der Waals surface area contributed by atoms with E-state index >= 15 is 0 Å². The minimum Gasteiger partial charge on any atom is -0.433 e. The highest BCUT2D eigenvalue weighted by atomic mass is 19.4. The Morgan fingerprint density at radius 3 is 2.26 bits per heavy atom. The summed E-state index contributed by atoms with van der Waals surface area (Å²) >= 11 is 0. The van der Waals surface area contributed by atoms with Crippen LogP contribution in [0.3, 0.4) is 0 Å². The van der Waals surface area contributed by atoms with Crippen molar-refractivity contribution in [2.24, 2.45) is 11.7 Å². The van der Waals surface area contributed by atoms with Crippen molar-refractivity contribution in [3.63, 3.8) is 0 Å². The number of nitrogens with one attached hydrogen (secondary N) is 1. The smallest absolute Gasteiger partial charge is 0.433 e. The van der Waals surface area contributed by atoms with Crippen molar-refractivity contribution in [2.45, 2.75) is 25.7 Å². The molecular weight excluding hydrogens is 459 g/mol. The zero-order valence-electron chi connectivity index (χ0n) is 18.9. The number of ether oxygens (including phenoxy) is 1. The molecular formula is C26H22F3N3O3. The van der Waals surface area contributed by atoms with Crippen molar-refractivity contribution in [3.05, 3.63) is 88.8 Å². The lowest BCUT2D eigenvalue weighted by Crippen LogP contribution is -2.48.